The van der Waals surface area contributed by atoms with Crippen LogP contribution in [0.15, 0.2) is 0 Å². The predicted molar refractivity (Wildman–Crippen MR) is 55.2 cm³/mol. The topological polar surface area (TPSA) is 0 Å². The molecule has 0 rings (SSSR count). The molecule has 0 aromatic carbocycles. The quantitative estimate of drug-likeness (QED) is 0.606. The molecule has 0 unspecified atom stereocenters. The standard InChI is InChI=1S/C8H18S2/c1-5-9-6-7-10-8(2,3)4/h5-7H2,1-4H3. The summed E-state index contributed by atoms with van der Waals surface area (Å²) in [4.78, 5) is 0. The SMILES string of the molecule is CCSCCSC(C)(C)C. The van der Waals surface area contributed by atoms with Gasteiger partial charge in [-0.15, -0.1) is 0 Å². The molecule has 0 aliphatic rings. The van der Waals surface area contributed by atoms with Crippen molar-refractivity contribution in [1.82, 2.24) is 0 Å². The Bertz CT molecular complexity index is 73.8. The third-order valence-electron chi connectivity index (χ3n) is 0.967. The van der Waals surface area contributed by atoms with Gasteiger partial charge in [0, 0.05) is 16.3 Å². The van der Waals surface area contributed by atoms with Gasteiger partial charge >= 0.3 is 0 Å². The first-order chi connectivity index (χ1) is 4.56. The highest BCUT2D eigenvalue weighted by molar-refractivity contribution is 8.03. The molecule has 0 heterocycles. The molecule has 0 bridgehead atoms. The summed E-state index contributed by atoms with van der Waals surface area (Å²) in [5.41, 5.74) is 0. The van der Waals surface area contributed by atoms with E-state index in [-0.39, 0.29) is 0 Å². The van der Waals surface area contributed by atoms with Gasteiger partial charge in [-0.2, -0.15) is 23.5 Å². The van der Waals surface area contributed by atoms with Gasteiger partial charge in [0.1, 0.15) is 0 Å². The highest BCUT2D eigenvalue weighted by atomic mass is 32.2. The minimum absolute atomic E-state index is 0.453. The van der Waals surface area contributed by atoms with Crippen LogP contribution in [0.1, 0.15) is 27.7 Å². The van der Waals surface area contributed by atoms with Crippen LogP contribution in [-0.4, -0.2) is 22.0 Å². The first-order valence-corrected chi connectivity index (χ1v) is 5.92. The zero-order valence-electron chi connectivity index (χ0n) is 7.44. The van der Waals surface area contributed by atoms with E-state index in [4.69, 9.17) is 0 Å². The third kappa shape index (κ3) is 8.70. The molecule has 0 N–H and O–H groups in total. The Hall–Kier alpha value is 0.700. The molecule has 0 aromatic rings. The fourth-order valence-corrected chi connectivity index (χ4v) is 2.26. The Balaban J connectivity index is 3.04. The van der Waals surface area contributed by atoms with E-state index in [2.05, 4.69) is 39.5 Å². The van der Waals surface area contributed by atoms with Gasteiger partial charge in [0.25, 0.3) is 0 Å². The molecule has 0 saturated heterocycles. The summed E-state index contributed by atoms with van der Waals surface area (Å²) in [5.74, 6) is 3.85. The monoisotopic (exact) mass is 178 g/mol. The van der Waals surface area contributed by atoms with Crippen LogP contribution in [0.3, 0.4) is 0 Å². The Morgan fingerprint density at radius 2 is 1.70 bits per heavy atom. The summed E-state index contributed by atoms with van der Waals surface area (Å²) < 4.78 is 0.453. The van der Waals surface area contributed by atoms with Crippen molar-refractivity contribution >= 4 is 23.5 Å². The second kappa shape index (κ2) is 5.36. The van der Waals surface area contributed by atoms with Crippen LogP contribution in [0.5, 0.6) is 0 Å². The van der Waals surface area contributed by atoms with Crippen LogP contribution in [0, 0.1) is 0 Å². The molecule has 2 heteroatoms. The fraction of sp³-hybridized carbons (Fsp3) is 1.00. The molecular weight excluding hydrogens is 160 g/mol. The number of thioether (sulfide) groups is 2. The summed E-state index contributed by atoms with van der Waals surface area (Å²) in [7, 11) is 0. The Morgan fingerprint density at radius 1 is 1.10 bits per heavy atom. The van der Waals surface area contributed by atoms with E-state index in [1.54, 1.807) is 0 Å². The maximum atomic E-state index is 2.27. The normalized spacial score (nSPS) is 12.0. The number of rotatable bonds is 4. The van der Waals surface area contributed by atoms with Gasteiger partial charge in [0.2, 0.25) is 0 Å². The molecule has 0 fully saturated rings. The molecule has 0 aliphatic heterocycles. The summed E-state index contributed by atoms with van der Waals surface area (Å²) in [6.07, 6.45) is 0. The van der Waals surface area contributed by atoms with E-state index >= 15 is 0 Å². The first kappa shape index (κ1) is 10.7. The zero-order valence-corrected chi connectivity index (χ0v) is 9.07. The zero-order chi connectivity index (χ0) is 8.04. The van der Waals surface area contributed by atoms with E-state index < -0.39 is 0 Å². The Morgan fingerprint density at radius 3 is 2.10 bits per heavy atom. The average Bonchev–Trinajstić information content (AvgIpc) is 1.78. The van der Waals surface area contributed by atoms with E-state index in [0.29, 0.717) is 4.75 Å². The van der Waals surface area contributed by atoms with E-state index in [0.717, 1.165) is 0 Å². The van der Waals surface area contributed by atoms with Gasteiger partial charge < -0.3 is 0 Å². The summed E-state index contributed by atoms with van der Waals surface area (Å²) in [6.45, 7) is 9.03. The van der Waals surface area contributed by atoms with Crippen molar-refractivity contribution in [1.29, 1.82) is 0 Å². The second-order valence-corrected chi connectivity index (χ2v) is 6.47. The molecule has 0 nitrogen and oxygen atoms in total. The van der Waals surface area contributed by atoms with Gasteiger partial charge in [-0.05, 0) is 5.75 Å². The lowest BCUT2D eigenvalue weighted by atomic mass is 10.3. The number of hydrogen-bond acceptors (Lipinski definition) is 2. The Kier molecular flexibility index (Phi) is 5.74. The summed E-state index contributed by atoms with van der Waals surface area (Å²) >= 11 is 4.08. The van der Waals surface area contributed by atoms with Gasteiger partial charge in [0.05, 0.1) is 0 Å². The fourth-order valence-electron chi connectivity index (χ4n) is 0.551. The molecule has 62 valence electrons. The van der Waals surface area contributed by atoms with Crippen LogP contribution in [0.2, 0.25) is 0 Å². The van der Waals surface area contributed by atoms with E-state index in [9.17, 15) is 0 Å². The minimum Gasteiger partial charge on any atom is -0.161 e. The van der Waals surface area contributed by atoms with Crippen molar-refractivity contribution in [2.24, 2.45) is 0 Å². The second-order valence-electron chi connectivity index (χ2n) is 3.16. The molecule has 0 saturated carbocycles. The Labute approximate surface area is 73.5 Å². The van der Waals surface area contributed by atoms with Crippen LogP contribution in [0.25, 0.3) is 0 Å². The van der Waals surface area contributed by atoms with E-state index in [1.165, 1.54) is 17.3 Å². The first-order valence-electron chi connectivity index (χ1n) is 3.78. The highest BCUT2D eigenvalue weighted by Gasteiger charge is 2.08. The average molecular weight is 178 g/mol. The van der Waals surface area contributed by atoms with Crippen molar-refractivity contribution in [3.8, 4) is 0 Å². The molecule has 0 radical (unpaired) electrons. The predicted octanol–water partition coefficient (Wildman–Crippen LogP) is 3.27. The van der Waals surface area contributed by atoms with Crippen molar-refractivity contribution in [3.05, 3.63) is 0 Å². The third-order valence-corrected chi connectivity index (χ3v) is 3.40. The number of hydrogen-bond donors (Lipinski definition) is 0. The van der Waals surface area contributed by atoms with Gasteiger partial charge in [0.15, 0.2) is 0 Å². The molecule has 0 amide bonds. The largest absolute Gasteiger partial charge is 0.161 e. The van der Waals surface area contributed by atoms with Crippen LogP contribution in [0.4, 0.5) is 0 Å². The summed E-state index contributed by atoms with van der Waals surface area (Å²) in [6, 6.07) is 0. The van der Waals surface area contributed by atoms with Gasteiger partial charge in [-0.1, -0.05) is 27.7 Å². The molecule has 0 spiro atoms. The molecular formula is C8H18S2. The summed E-state index contributed by atoms with van der Waals surface area (Å²) in [5, 5.41) is 0. The molecule has 0 atom stereocenters. The van der Waals surface area contributed by atoms with Crippen molar-refractivity contribution < 1.29 is 0 Å². The lowest BCUT2D eigenvalue weighted by Gasteiger charge is -2.16. The molecule has 10 heavy (non-hydrogen) atoms. The molecule has 0 aromatic heterocycles. The smallest absolute Gasteiger partial charge is 0.00753 e. The lowest BCUT2D eigenvalue weighted by Crippen LogP contribution is -2.08. The maximum Gasteiger partial charge on any atom is 0.00753 e. The van der Waals surface area contributed by atoms with Crippen LogP contribution in [-0.2, 0) is 0 Å². The maximum absolute atomic E-state index is 2.27. The van der Waals surface area contributed by atoms with Gasteiger partial charge in [-0.25, -0.2) is 0 Å². The van der Waals surface area contributed by atoms with Crippen molar-refractivity contribution in [2.75, 3.05) is 17.3 Å². The lowest BCUT2D eigenvalue weighted by molar-refractivity contribution is 0.804. The van der Waals surface area contributed by atoms with E-state index in [1.807, 2.05) is 11.8 Å². The molecule has 0 aliphatic carbocycles. The highest BCUT2D eigenvalue weighted by Crippen LogP contribution is 2.23. The van der Waals surface area contributed by atoms with Crippen LogP contribution < -0.4 is 0 Å². The van der Waals surface area contributed by atoms with Crippen molar-refractivity contribution in [2.45, 2.75) is 32.4 Å². The minimum atomic E-state index is 0.453. The van der Waals surface area contributed by atoms with Gasteiger partial charge in [-0.3, -0.25) is 0 Å². The van der Waals surface area contributed by atoms with Crippen molar-refractivity contribution in [3.63, 3.8) is 0 Å². The van der Waals surface area contributed by atoms with Crippen LogP contribution >= 0.6 is 23.5 Å².